The van der Waals surface area contributed by atoms with Gasteiger partial charge in [0.05, 0.1) is 22.1 Å². The van der Waals surface area contributed by atoms with Gasteiger partial charge in [-0.2, -0.15) is 15.3 Å². The number of fused-ring (bicyclic) bond motifs is 2. The fourth-order valence-electron chi connectivity index (χ4n) is 3.99. The largest absolute Gasteiger partial charge is 0.317 e. The van der Waals surface area contributed by atoms with Crippen LogP contribution in [0.15, 0.2) is 36.5 Å². The van der Waals surface area contributed by atoms with Crippen LogP contribution in [-0.4, -0.2) is 33.1 Å². The molecule has 0 radical (unpaired) electrons. The number of piperidine rings is 1. The van der Waals surface area contributed by atoms with E-state index in [1.165, 1.54) is 6.07 Å². The van der Waals surface area contributed by atoms with E-state index < -0.39 is 11.6 Å². The Hall–Kier alpha value is -2.64. The smallest absolute Gasteiger partial charge is 0.142 e. The first-order valence-corrected chi connectivity index (χ1v) is 9.40. The van der Waals surface area contributed by atoms with E-state index in [1.54, 1.807) is 42.2 Å². The SMILES string of the molecule is Cl.Cn1cc2c(F)c(-c3cc(F)c4cc(C5CCNCC5)nnc4c3)ccc2n1. The quantitative estimate of drug-likeness (QED) is 0.528. The number of aryl methyl sites for hydroxylation is 1. The van der Waals surface area contributed by atoms with Crippen LogP contribution < -0.4 is 5.32 Å². The molecule has 29 heavy (non-hydrogen) atoms. The topological polar surface area (TPSA) is 55.6 Å². The van der Waals surface area contributed by atoms with Crippen molar-refractivity contribution in [2.45, 2.75) is 18.8 Å². The van der Waals surface area contributed by atoms with Crippen molar-refractivity contribution < 1.29 is 8.78 Å². The summed E-state index contributed by atoms with van der Waals surface area (Å²) in [6.07, 6.45) is 3.56. The van der Waals surface area contributed by atoms with Crippen LogP contribution >= 0.6 is 12.4 Å². The van der Waals surface area contributed by atoms with Crippen LogP contribution in [0.5, 0.6) is 0 Å². The molecule has 4 aromatic rings. The molecule has 0 spiro atoms. The average molecular weight is 416 g/mol. The zero-order valence-corrected chi connectivity index (χ0v) is 16.6. The Bertz CT molecular complexity index is 1200. The van der Waals surface area contributed by atoms with Crippen LogP contribution in [0, 0.1) is 11.6 Å². The van der Waals surface area contributed by atoms with Gasteiger partial charge in [-0.25, -0.2) is 8.78 Å². The molecule has 1 aliphatic rings. The van der Waals surface area contributed by atoms with Gasteiger partial charge in [-0.05, 0) is 61.8 Å². The van der Waals surface area contributed by atoms with Crippen molar-refractivity contribution in [2.75, 3.05) is 13.1 Å². The molecular formula is C21H20ClF2N5. The van der Waals surface area contributed by atoms with Crippen LogP contribution in [-0.2, 0) is 7.05 Å². The number of nitrogens with one attached hydrogen (secondary N) is 1. The molecule has 1 fully saturated rings. The lowest BCUT2D eigenvalue weighted by Crippen LogP contribution is -2.27. The summed E-state index contributed by atoms with van der Waals surface area (Å²) in [5.41, 5.74) is 2.58. The standard InChI is InChI=1S/C21H19F2N5.ClH/c1-28-11-16-18(27-28)3-2-14(21(16)23)13-8-17(22)15-10-19(25-26-20(15)9-13)12-4-6-24-7-5-12;/h2-3,8-12,24H,4-7H2,1H3;1H. The van der Waals surface area contributed by atoms with Gasteiger partial charge in [-0.15, -0.1) is 12.4 Å². The van der Waals surface area contributed by atoms with Crippen LogP contribution in [0.4, 0.5) is 8.78 Å². The van der Waals surface area contributed by atoms with Crippen LogP contribution in [0.2, 0.25) is 0 Å². The average Bonchev–Trinajstić information content (AvgIpc) is 3.10. The maximum Gasteiger partial charge on any atom is 0.142 e. The summed E-state index contributed by atoms with van der Waals surface area (Å²) in [7, 11) is 1.74. The Morgan fingerprint density at radius 3 is 2.59 bits per heavy atom. The summed E-state index contributed by atoms with van der Waals surface area (Å²) in [6, 6.07) is 8.22. The third-order valence-corrected chi connectivity index (χ3v) is 5.48. The molecule has 1 aliphatic heterocycles. The summed E-state index contributed by atoms with van der Waals surface area (Å²) >= 11 is 0. The highest BCUT2D eigenvalue weighted by atomic mass is 35.5. The Labute approximate surface area is 172 Å². The van der Waals surface area contributed by atoms with Gasteiger partial charge in [0.15, 0.2) is 0 Å². The van der Waals surface area contributed by atoms with Crippen LogP contribution in [0.1, 0.15) is 24.5 Å². The fraction of sp³-hybridized carbons (Fsp3) is 0.286. The Morgan fingerprint density at radius 1 is 1.00 bits per heavy atom. The summed E-state index contributed by atoms with van der Waals surface area (Å²) in [4.78, 5) is 0. The second-order valence-corrected chi connectivity index (χ2v) is 7.35. The van der Waals surface area contributed by atoms with Gasteiger partial charge in [0.25, 0.3) is 0 Å². The van der Waals surface area contributed by atoms with Crippen LogP contribution in [0.3, 0.4) is 0 Å². The van der Waals surface area contributed by atoms with E-state index in [0.29, 0.717) is 38.9 Å². The van der Waals surface area contributed by atoms with E-state index in [9.17, 15) is 8.78 Å². The Balaban J connectivity index is 0.00000205. The summed E-state index contributed by atoms with van der Waals surface area (Å²) in [6.45, 7) is 1.86. The fourth-order valence-corrected chi connectivity index (χ4v) is 3.99. The third kappa shape index (κ3) is 3.45. The van der Waals surface area contributed by atoms with E-state index >= 15 is 0 Å². The molecule has 0 amide bonds. The number of hydrogen-bond donors (Lipinski definition) is 1. The van der Waals surface area contributed by atoms with Gasteiger partial charge in [0.2, 0.25) is 0 Å². The maximum atomic E-state index is 15.0. The Kier molecular flexibility index (Phi) is 5.19. The lowest BCUT2D eigenvalue weighted by molar-refractivity contribution is 0.451. The molecule has 5 nitrogen and oxygen atoms in total. The highest BCUT2D eigenvalue weighted by Crippen LogP contribution is 2.32. The first kappa shape index (κ1) is 19.7. The number of halogens is 3. The molecule has 8 heteroatoms. The summed E-state index contributed by atoms with van der Waals surface area (Å²) < 4.78 is 31.5. The van der Waals surface area contributed by atoms with Gasteiger partial charge >= 0.3 is 0 Å². The second kappa shape index (κ2) is 7.65. The summed E-state index contributed by atoms with van der Waals surface area (Å²) in [5.74, 6) is -0.533. The van der Waals surface area contributed by atoms with Crippen molar-refractivity contribution >= 4 is 34.2 Å². The number of hydrogen-bond acceptors (Lipinski definition) is 4. The van der Waals surface area contributed by atoms with Crippen molar-refractivity contribution in [1.82, 2.24) is 25.3 Å². The van der Waals surface area contributed by atoms with E-state index in [1.807, 2.05) is 0 Å². The number of nitrogens with zero attached hydrogens (tertiary/aromatic N) is 4. The van der Waals surface area contributed by atoms with E-state index in [0.717, 1.165) is 31.6 Å². The molecule has 150 valence electrons. The van der Waals surface area contributed by atoms with Crippen molar-refractivity contribution in [3.8, 4) is 11.1 Å². The van der Waals surface area contributed by atoms with E-state index in [4.69, 9.17) is 0 Å². The molecule has 0 aliphatic carbocycles. The predicted octanol–water partition coefficient (Wildman–Crippen LogP) is 4.35. The van der Waals surface area contributed by atoms with Crippen molar-refractivity contribution in [2.24, 2.45) is 7.05 Å². The molecule has 1 saturated heterocycles. The zero-order valence-electron chi connectivity index (χ0n) is 15.8. The van der Waals surface area contributed by atoms with Gasteiger partial charge < -0.3 is 5.32 Å². The number of aromatic nitrogens is 4. The summed E-state index contributed by atoms with van der Waals surface area (Å²) in [5, 5.41) is 16.9. The molecule has 0 saturated carbocycles. The van der Waals surface area contributed by atoms with Gasteiger partial charge in [0.1, 0.15) is 11.6 Å². The molecule has 0 atom stereocenters. The normalized spacial score (nSPS) is 15.0. The lowest BCUT2D eigenvalue weighted by atomic mass is 9.93. The first-order valence-electron chi connectivity index (χ1n) is 9.40. The van der Waals surface area contributed by atoms with Gasteiger partial charge in [0, 0.05) is 30.1 Å². The molecule has 3 heterocycles. The minimum atomic E-state index is -0.414. The minimum Gasteiger partial charge on any atom is -0.317 e. The molecule has 5 rings (SSSR count). The lowest BCUT2D eigenvalue weighted by Gasteiger charge is -2.21. The molecule has 2 aromatic carbocycles. The predicted molar refractivity (Wildman–Crippen MR) is 111 cm³/mol. The Morgan fingerprint density at radius 2 is 1.79 bits per heavy atom. The van der Waals surface area contributed by atoms with Crippen LogP contribution in [0.25, 0.3) is 32.9 Å². The van der Waals surface area contributed by atoms with Gasteiger partial charge in [-0.3, -0.25) is 4.68 Å². The molecule has 1 N–H and O–H groups in total. The number of rotatable bonds is 2. The van der Waals surface area contributed by atoms with Crippen molar-refractivity contribution in [3.63, 3.8) is 0 Å². The van der Waals surface area contributed by atoms with Crippen molar-refractivity contribution in [1.29, 1.82) is 0 Å². The maximum absolute atomic E-state index is 15.0. The molecule has 0 bridgehead atoms. The third-order valence-electron chi connectivity index (χ3n) is 5.48. The molecule has 0 unspecified atom stereocenters. The molecule has 2 aromatic heterocycles. The van der Waals surface area contributed by atoms with Gasteiger partial charge in [-0.1, -0.05) is 0 Å². The highest BCUT2D eigenvalue weighted by molar-refractivity contribution is 5.89. The first-order chi connectivity index (χ1) is 13.6. The second-order valence-electron chi connectivity index (χ2n) is 7.35. The minimum absolute atomic E-state index is 0. The monoisotopic (exact) mass is 415 g/mol. The zero-order chi connectivity index (χ0) is 19.3. The highest BCUT2D eigenvalue weighted by Gasteiger charge is 2.19. The van der Waals surface area contributed by atoms with Crippen molar-refractivity contribution in [3.05, 3.63) is 53.9 Å². The molecular weight excluding hydrogens is 396 g/mol. The van der Waals surface area contributed by atoms with E-state index in [2.05, 4.69) is 20.6 Å². The van der Waals surface area contributed by atoms with E-state index in [-0.39, 0.29) is 12.4 Å². The number of benzene rings is 2.